The van der Waals surface area contributed by atoms with Crippen molar-refractivity contribution < 1.29 is 41.4 Å². The summed E-state index contributed by atoms with van der Waals surface area (Å²) < 4.78 is 80.2. The molecule has 0 aromatic heterocycles. The Morgan fingerprint density at radius 1 is 0.826 bits per heavy atom. The van der Waals surface area contributed by atoms with Crippen molar-refractivity contribution in [3.63, 3.8) is 0 Å². The van der Waals surface area contributed by atoms with E-state index >= 15 is 0 Å². The molecule has 0 aliphatic carbocycles. The Morgan fingerprint density at radius 2 is 1.30 bits per heavy atom. The number of halogens is 6. The number of carboxylic acid groups (broad SMARTS) is 1. The second-order valence-corrected chi connectivity index (χ2v) is 4.46. The maximum atomic E-state index is 13.7. The van der Waals surface area contributed by atoms with E-state index in [9.17, 15) is 36.2 Å². The minimum Gasteiger partial charge on any atom is -0.479 e. The molecule has 2 aromatic rings. The molecule has 0 spiro atoms. The van der Waals surface area contributed by atoms with Crippen molar-refractivity contribution in [2.24, 2.45) is 0 Å². The first-order valence-electron chi connectivity index (χ1n) is 5.88. The highest BCUT2D eigenvalue weighted by atomic mass is 19.2. The fourth-order valence-electron chi connectivity index (χ4n) is 1.92. The molecule has 2 aromatic carbocycles. The molecule has 0 saturated carbocycles. The van der Waals surface area contributed by atoms with Gasteiger partial charge in [-0.25, -0.2) is 31.1 Å². The molecule has 0 saturated heterocycles. The first-order valence-corrected chi connectivity index (χ1v) is 5.88. The smallest absolute Gasteiger partial charge is 0.337 e. The summed E-state index contributed by atoms with van der Waals surface area (Å²) in [7, 11) is 0. The molecule has 1 unspecified atom stereocenters. The Bertz CT molecular complexity index is 777. The molecule has 3 nitrogen and oxygen atoms in total. The van der Waals surface area contributed by atoms with E-state index in [0.717, 1.165) is 0 Å². The SMILES string of the molecule is O=C(O)C(O)c1cc(F)cc(-c2c(F)c(F)c(F)c(F)c2F)c1. The van der Waals surface area contributed by atoms with Gasteiger partial charge in [0.2, 0.25) is 5.82 Å². The van der Waals surface area contributed by atoms with Crippen LogP contribution in [0.25, 0.3) is 11.1 Å². The first kappa shape index (κ1) is 16.8. The van der Waals surface area contributed by atoms with E-state index in [1.807, 2.05) is 0 Å². The summed E-state index contributed by atoms with van der Waals surface area (Å²) in [6.07, 6.45) is -2.24. The highest BCUT2D eigenvalue weighted by Crippen LogP contribution is 2.33. The van der Waals surface area contributed by atoms with E-state index in [-0.39, 0.29) is 0 Å². The molecule has 2 N–H and O–H groups in total. The van der Waals surface area contributed by atoms with Gasteiger partial charge in [-0.3, -0.25) is 0 Å². The maximum absolute atomic E-state index is 13.7. The van der Waals surface area contributed by atoms with E-state index in [0.29, 0.717) is 18.2 Å². The molecule has 0 amide bonds. The van der Waals surface area contributed by atoms with E-state index in [1.165, 1.54) is 0 Å². The van der Waals surface area contributed by atoms with Crippen molar-refractivity contribution >= 4 is 5.97 Å². The molecular formula is C14H6F6O3. The summed E-state index contributed by atoms with van der Waals surface area (Å²) in [6.45, 7) is 0. The quantitative estimate of drug-likeness (QED) is 0.514. The van der Waals surface area contributed by atoms with Crippen LogP contribution in [0.15, 0.2) is 18.2 Å². The zero-order valence-electron chi connectivity index (χ0n) is 10.9. The first-order chi connectivity index (χ1) is 10.6. The second kappa shape index (κ2) is 5.92. The van der Waals surface area contributed by atoms with Gasteiger partial charge < -0.3 is 10.2 Å². The van der Waals surface area contributed by atoms with E-state index < -0.39 is 63.7 Å². The molecule has 1 atom stereocenters. The zero-order chi connectivity index (χ0) is 17.5. The number of carboxylic acids is 1. The average Bonchev–Trinajstić information content (AvgIpc) is 2.49. The number of carbonyl (C=O) groups is 1. The minimum atomic E-state index is -2.38. The van der Waals surface area contributed by atoms with Crippen molar-refractivity contribution in [1.82, 2.24) is 0 Å². The summed E-state index contributed by atoms with van der Waals surface area (Å²) in [5, 5.41) is 18.0. The summed E-state index contributed by atoms with van der Waals surface area (Å²) in [6, 6.07) is 1.60. The highest BCUT2D eigenvalue weighted by Gasteiger charge is 2.28. The van der Waals surface area contributed by atoms with Crippen molar-refractivity contribution in [3.8, 4) is 11.1 Å². The predicted molar refractivity (Wildman–Crippen MR) is 64.2 cm³/mol. The molecule has 23 heavy (non-hydrogen) atoms. The average molecular weight is 336 g/mol. The third-order valence-corrected chi connectivity index (χ3v) is 2.97. The lowest BCUT2D eigenvalue weighted by atomic mass is 9.99. The number of hydrogen-bond acceptors (Lipinski definition) is 2. The monoisotopic (exact) mass is 336 g/mol. The molecule has 9 heteroatoms. The number of benzene rings is 2. The molecule has 0 bridgehead atoms. The lowest BCUT2D eigenvalue weighted by molar-refractivity contribution is -0.146. The van der Waals surface area contributed by atoms with Crippen LogP contribution in [0.1, 0.15) is 11.7 Å². The molecule has 0 heterocycles. The van der Waals surface area contributed by atoms with Gasteiger partial charge in [0, 0.05) is 0 Å². The van der Waals surface area contributed by atoms with Gasteiger partial charge in [-0.05, 0) is 29.3 Å². The van der Waals surface area contributed by atoms with E-state index in [4.69, 9.17) is 5.11 Å². The Morgan fingerprint density at radius 3 is 1.78 bits per heavy atom. The van der Waals surface area contributed by atoms with Crippen LogP contribution in [0, 0.1) is 34.9 Å². The summed E-state index contributed by atoms with van der Waals surface area (Å²) in [4.78, 5) is 10.7. The number of rotatable bonds is 3. The topological polar surface area (TPSA) is 57.5 Å². The van der Waals surface area contributed by atoms with Crippen molar-refractivity contribution in [2.75, 3.05) is 0 Å². The Balaban J connectivity index is 2.76. The number of hydrogen-bond donors (Lipinski definition) is 2. The summed E-state index contributed by atoms with van der Waals surface area (Å²) >= 11 is 0. The van der Waals surface area contributed by atoms with Crippen LogP contribution in [-0.2, 0) is 4.79 Å². The van der Waals surface area contributed by atoms with Crippen LogP contribution < -0.4 is 0 Å². The highest BCUT2D eigenvalue weighted by molar-refractivity contribution is 5.75. The molecule has 0 radical (unpaired) electrons. The molecule has 2 rings (SSSR count). The van der Waals surface area contributed by atoms with Crippen LogP contribution in [0.2, 0.25) is 0 Å². The van der Waals surface area contributed by atoms with Crippen LogP contribution in [0.5, 0.6) is 0 Å². The largest absolute Gasteiger partial charge is 0.479 e. The van der Waals surface area contributed by atoms with Gasteiger partial charge in [0.05, 0.1) is 5.56 Å². The molecule has 0 aliphatic rings. The Kier molecular flexibility index (Phi) is 4.33. The van der Waals surface area contributed by atoms with E-state index in [2.05, 4.69) is 0 Å². The Labute approximate surface area is 124 Å². The van der Waals surface area contributed by atoms with Crippen molar-refractivity contribution in [2.45, 2.75) is 6.10 Å². The summed E-state index contributed by atoms with van der Waals surface area (Å²) in [5.74, 6) is -14.3. The molecule has 0 aliphatic heterocycles. The predicted octanol–water partition coefficient (Wildman–Crippen LogP) is 3.31. The second-order valence-electron chi connectivity index (χ2n) is 4.46. The third-order valence-electron chi connectivity index (χ3n) is 2.97. The number of aliphatic carboxylic acids is 1. The lowest BCUT2D eigenvalue weighted by Gasteiger charge is -2.12. The van der Waals surface area contributed by atoms with Crippen LogP contribution in [0.3, 0.4) is 0 Å². The van der Waals surface area contributed by atoms with Crippen LogP contribution in [-0.4, -0.2) is 16.2 Å². The van der Waals surface area contributed by atoms with Crippen molar-refractivity contribution in [1.29, 1.82) is 0 Å². The van der Waals surface area contributed by atoms with Gasteiger partial charge in [0.15, 0.2) is 29.4 Å². The molecule has 122 valence electrons. The normalized spacial score (nSPS) is 12.3. The Hall–Kier alpha value is -2.55. The zero-order valence-corrected chi connectivity index (χ0v) is 10.9. The van der Waals surface area contributed by atoms with Gasteiger partial charge >= 0.3 is 5.97 Å². The van der Waals surface area contributed by atoms with Gasteiger partial charge in [0.1, 0.15) is 5.82 Å². The summed E-state index contributed by atoms with van der Waals surface area (Å²) in [5.41, 5.74) is -2.87. The van der Waals surface area contributed by atoms with Gasteiger partial charge in [-0.15, -0.1) is 0 Å². The third kappa shape index (κ3) is 2.87. The fourth-order valence-corrected chi connectivity index (χ4v) is 1.92. The number of aliphatic hydroxyl groups excluding tert-OH is 1. The fraction of sp³-hybridized carbons (Fsp3) is 0.0714. The molecular weight excluding hydrogens is 330 g/mol. The van der Waals surface area contributed by atoms with E-state index in [1.54, 1.807) is 0 Å². The maximum Gasteiger partial charge on any atom is 0.337 e. The van der Waals surface area contributed by atoms with Gasteiger partial charge in [-0.1, -0.05) is 0 Å². The standard InChI is InChI=1S/C14H6F6O3/c15-6-2-4(1-5(3-6)13(21)14(22)23)7-8(16)10(18)12(20)11(19)9(7)17/h1-3,13,21H,(H,22,23). The van der Waals surface area contributed by atoms with Gasteiger partial charge in [-0.2, -0.15) is 0 Å². The molecule has 0 fully saturated rings. The van der Waals surface area contributed by atoms with Crippen molar-refractivity contribution in [3.05, 3.63) is 58.7 Å². The van der Waals surface area contributed by atoms with Gasteiger partial charge in [0.25, 0.3) is 0 Å². The van der Waals surface area contributed by atoms with Crippen LogP contribution >= 0.6 is 0 Å². The lowest BCUT2D eigenvalue weighted by Crippen LogP contribution is -2.11. The number of aliphatic hydroxyl groups is 1. The minimum absolute atomic E-state index is 0.441. The van der Waals surface area contributed by atoms with Crippen LogP contribution in [0.4, 0.5) is 26.3 Å².